The highest BCUT2D eigenvalue weighted by molar-refractivity contribution is 5.92. The monoisotopic (exact) mass is 325 g/mol. The third-order valence-corrected chi connectivity index (χ3v) is 4.78. The largest absolute Gasteiger partial charge is 0.495 e. The van der Waals surface area contributed by atoms with Crippen molar-refractivity contribution in [1.29, 1.82) is 0 Å². The molecule has 2 N–H and O–H groups in total. The second-order valence-corrected chi connectivity index (χ2v) is 6.42. The van der Waals surface area contributed by atoms with E-state index in [-0.39, 0.29) is 5.91 Å². The van der Waals surface area contributed by atoms with E-state index in [9.17, 15) is 4.79 Å². The average molecular weight is 325 g/mol. The van der Waals surface area contributed by atoms with Crippen molar-refractivity contribution < 1.29 is 14.4 Å². The fraction of sp³-hybridized carbons (Fsp3) is 0.350. The molecule has 0 spiro atoms. The van der Waals surface area contributed by atoms with Crippen molar-refractivity contribution in [2.75, 3.05) is 26.0 Å². The quantitative estimate of drug-likeness (QED) is 0.885. The lowest BCUT2D eigenvalue weighted by atomic mass is 9.87. The standard InChI is InChI=1S/C20H24N2O2/c1-22(18-12-7-9-15-8-3-4-10-16(15)18)14-20(23)21-17-11-5-6-13-19(17)24-2/h3-6,8,10-11,13,18H,7,9,12,14H2,1-2H3,(H,21,23)/p+1/t18-/m0/s1. The van der Waals surface area contributed by atoms with Crippen LogP contribution in [0.2, 0.25) is 0 Å². The number of hydrogen-bond donors (Lipinski definition) is 2. The predicted molar refractivity (Wildman–Crippen MR) is 95.5 cm³/mol. The molecule has 1 aliphatic carbocycles. The second-order valence-electron chi connectivity index (χ2n) is 6.42. The van der Waals surface area contributed by atoms with Gasteiger partial charge in [0, 0.05) is 12.0 Å². The Morgan fingerprint density at radius 2 is 1.96 bits per heavy atom. The summed E-state index contributed by atoms with van der Waals surface area (Å²) >= 11 is 0. The number of aryl methyl sites for hydroxylation is 1. The van der Waals surface area contributed by atoms with Crippen LogP contribution in [-0.2, 0) is 11.2 Å². The van der Waals surface area contributed by atoms with Crippen molar-refractivity contribution in [3.8, 4) is 5.75 Å². The number of carbonyl (C=O) groups excluding carboxylic acids is 1. The van der Waals surface area contributed by atoms with Gasteiger partial charge in [-0.3, -0.25) is 4.79 Å². The molecule has 3 rings (SSSR count). The van der Waals surface area contributed by atoms with E-state index in [4.69, 9.17) is 4.74 Å². The first kappa shape index (κ1) is 16.5. The van der Waals surface area contributed by atoms with Crippen LogP contribution >= 0.6 is 0 Å². The van der Waals surface area contributed by atoms with Crippen molar-refractivity contribution in [2.45, 2.75) is 25.3 Å². The summed E-state index contributed by atoms with van der Waals surface area (Å²) < 4.78 is 5.29. The first-order chi connectivity index (χ1) is 11.7. The molecule has 2 aromatic carbocycles. The summed E-state index contributed by atoms with van der Waals surface area (Å²) in [5, 5.41) is 2.97. The lowest BCUT2D eigenvalue weighted by Gasteiger charge is -2.30. The van der Waals surface area contributed by atoms with Crippen LogP contribution in [0.15, 0.2) is 48.5 Å². The molecular weight excluding hydrogens is 300 g/mol. The zero-order valence-corrected chi connectivity index (χ0v) is 14.3. The smallest absolute Gasteiger partial charge is 0.279 e. The molecule has 1 amide bonds. The van der Waals surface area contributed by atoms with Gasteiger partial charge in [-0.05, 0) is 30.5 Å². The van der Waals surface area contributed by atoms with Gasteiger partial charge in [0.2, 0.25) is 0 Å². The van der Waals surface area contributed by atoms with Crippen LogP contribution in [0.3, 0.4) is 0 Å². The molecule has 2 atom stereocenters. The number of amides is 1. The number of fused-ring (bicyclic) bond motifs is 1. The highest BCUT2D eigenvalue weighted by Gasteiger charge is 2.28. The van der Waals surface area contributed by atoms with E-state index in [0.717, 1.165) is 18.5 Å². The molecule has 4 nitrogen and oxygen atoms in total. The fourth-order valence-electron chi connectivity index (χ4n) is 3.58. The zero-order valence-electron chi connectivity index (χ0n) is 14.3. The Balaban J connectivity index is 1.67. The van der Waals surface area contributed by atoms with Crippen molar-refractivity contribution in [2.24, 2.45) is 0 Å². The number of carbonyl (C=O) groups is 1. The maximum atomic E-state index is 12.5. The van der Waals surface area contributed by atoms with E-state index in [1.165, 1.54) is 22.4 Å². The van der Waals surface area contributed by atoms with E-state index in [1.807, 2.05) is 24.3 Å². The van der Waals surface area contributed by atoms with Crippen LogP contribution in [0.1, 0.15) is 30.0 Å². The van der Waals surface area contributed by atoms with Crippen molar-refractivity contribution >= 4 is 11.6 Å². The molecule has 2 aromatic rings. The van der Waals surface area contributed by atoms with Gasteiger partial charge in [-0.25, -0.2) is 0 Å². The maximum Gasteiger partial charge on any atom is 0.279 e. The van der Waals surface area contributed by atoms with Gasteiger partial charge < -0.3 is 15.0 Å². The lowest BCUT2D eigenvalue weighted by molar-refractivity contribution is -0.905. The molecule has 0 aliphatic heterocycles. The molecular formula is C20H25N2O2+. The first-order valence-corrected chi connectivity index (χ1v) is 8.52. The molecule has 0 bridgehead atoms. The summed E-state index contributed by atoms with van der Waals surface area (Å²) in [6, 6.07) is 16.5. The second kappa shape index (κ2) is 7.49. The van der Waals surface area contributed by atoms with Crippen molar-refractivity contribution in [3.05, 3.63) is 59.7 Å². The van der Waals surface area contributed by atoms with Gasteiger partial charge in [0.15, 0.2) is 6.54 Å². The van der Waals surface area contributed by atoms with Gasteiger partial charge in [-0.2, -0.15) is 0 Å². The van der Waals surface area contributed by atoms with E-state index in [1.54, 1.807) is 7.11 Å². The summed E-state index contributed by atoms with van der Waals surface area (Å²) in [4.78, 5) is 13.7. The maximum absolute atomic E-state index is 12.5. The number of benzene rings is 2. The number of rotatable bonds is 5. The molecule has 0 fully saturated rings. The van der Waals surface area contributed by atoms with Crippen LogP contribution in [0.4, 0.5) is 5.69 Å². The molecule has 0 radical (unpaired) electrons. The molecule has 0 heterocycles. The Labute approximate surface area is 143 Å². The Morgan fingerprint density at radius 3 is 2.79 bits per heavy atom. The normalized spacial score (nSPS) is 17.7. The number of methoxy groups -OCH3 is 1. The molecule has 0 aromatic heterocycles. The topological polar surface area (TPSA) is 42.8 Å². The van der Waals surface area contributed by atoms with Gasteiger partial charge in [0.05, 0.1) is 19.8 Å². The third-order valence-electron chi connectivity index (χ3n) is 4.78. The Morgan fingerprint density at radius 1 is 1.21 bits per heavy atom. The number of likely N-dealkylation sites (N-methyl/N-ethyl adjacent to an activating group) is 1. The zero-order chi connectivity index (χ0) is 16.9. The molecule has 1 aliphatic rings. The van der Waals surface area contributed by atoms with Crippen LogP contribution in [0.5, 0.6) is 5.75 Å². The Hall–Kier alpha value is -2.33. The third kappa shape index (κ3) is 3.60. The molecule has 0 saturated carbocycles. The number of ether oxygens (including phenoxy) is 1. The van der Waals surface area contributed by atoms with E-state index in [0.29, 0.717) is 18.3 Å². The molecule has 0 saturated heterocycles. The molecule has 24 heavy (non-hydrogen) atoms. The van der Waals surface area contributed by atoms with Crippen LogP contribution in [0.25, 0.3) is 0 Å². The number of anilines is 1. The minimum atomic E-state index is 0.0139. The van der Waals surface area contributed by atoms with Gasteiger partial charge in [0.25, 0.3) is 5.91 Å². The summed E-state index contributed by atoms with van der Waals surface area (Å²) in [6.45, 7) is 0.442. The molecule has 1 unspecified atom stereocenters. The van der Waals surface area contributed by atoms with E-state index >= 15 is 0 Å². The van der Waals surface area contributed by atoms with E-state index in [2.05, 4.69) is 36.6 Å². The fourth-order valence-corrected chi connectivity index (χ4v) is 3.58. The molecule has 126 valence electrons. The summed E-state index contributed by atoms with van der Waals surface area (Å²) in [6.07, 6.45) is 3.46. The van der Waals surface area contributed by atoms with Gasteiger partial charge in [0.1, 0.15) is 11.8 Å². The predicted octanol–water partition coefficient (Wildman–Crippen LogP) is 2.23. The Kier molecular flexibility index (Phi) is 5.16. The summed E-state index contributed by atoms with van der Waals surface area (Å²) in [5.41, 5.74) is 3.55. The number of hydrogen-bond acceptors (Lipinski definition) is 2. The van der Waals surface area contributed by atoms with Gasteiger partial charge >= 0.3 is 0 Å². The summed E-state index contributed by atoms with van der Waals surface area (Å²) in [7, 11) is 3.72. The first-order valence-electron chi connectivity index (χ1n) is 8.52. The SMILES string of the molecule is COc1ccccc1NC(=O)C[NH+](C)[C@H]1CCCc2ccccc21. The lowest BCUT2D eigenvalue weighted by Crippen LogP contribution is -3.10. The highest BCUT2D eigenvalue weighted by atomic mass is 16.5. The van der Waals surface area contributed by atoms with Gasteiger partial charge in [-0.15, -0.1) is 0 Å². The summed E-state index contributed by atoms with van der Waals surface area (Å²) in [5.74, 6) is 0.701. The minimum Gasteiger partial charge on any atom is -0.495 e. The molecule has 4 heteroatoms. The van der Waals surface area contributed by atoms with Gasteiger partial charge in [-0.1, -0.05) is 36.4 Å². The van der Waals surface area contributed by atoms with Crippen LogP contribution in [0, 0.1) is 0 Å². The Bertz CT molecular complexity index is 714. The number of nitrogens with one attached hydrogen (secondary N) is 2. The number of quaternary nitrogens is 1. The number of para-hydroxylation sites is 2. The van der Waals surface area contributed by atoms with Crippen molar-refractivity contribution in [3.63, 3.8) is 0 Å². The minimum absolute atomic E-state index is 0.0139. The highest BCUT2D eigenvalue weighted by Crippen LogP contribution is 2.27. The van der Waals surface area contributed by atoms with E-state index < -0.39 is 0 Å². The van der Waals surface area contributed by atoms with Crippen LogP contribution < -0.4 is 15.0 Å². The van der Waals surface area contributed by atoms with Crippen molar-refractivity contribution in [1.82, 2.24) is 0 Å². The average Bonchev–Trinajstić information content (AvgIpc) is 2.61. The van der Waals surface area contributed by atoms with Crippen LogP contribution in [-0.4, -0.2) is 26.6 Å².